The van der Waals surface area contributed by atoms with Gasteiger partial charge in [0.25, 0.3) is 0 Å². The third kappa shape index (κ3) is 5.26. The Morgan fingerprint density at radius 2 is 1.96 bits per heavy atom. The number of alkyl halides is 3. The molecule has 1 fully saturated rings. The average molecular weight is 407 g/mol. The number of nitrogens with zero attached hydrogens (tertiary/aromatic N) is 1. The second-order valence-corrected chi connectivity index (χ2v) is 6.62. The average Bonchev–Trinajstić information content (AvgIpc) is 3.02. The molecule has 0 unspecified atom stereocenters. The Hall–Kier alpha value is -2.00. The molecule has 0 radical (unpaired) electrons. The molecule has 1 aliphatic carbocycles. The molecule has 0 saturated heterocycles. The summed E-state index contributed by atoms with van der Waals surface area (Å²) in [6.07, 6.45) is -0.0418. The van der Waals surface area contributed by atoms with Crippen LogP contribution in [0.15, 0.2) is 27.4 Å². The first-order valence-corrected chi connectivity index (χ1v) is 8.60. The molecule has 1 aromatic carbocycles. The summed E-state index contributed by atoms with van der Waals surface area (Å²) < 4.78 is 44.9. The smallest absolute Gasteiger partial charge is 0.388 e. The molecule has 6 nitrogen and oxygen atoms in total. The van der Waals surface area contributed by atoms with Gasteiger partial charge in [-0.2, -0.15) is 13.2 Å². The van der Waals surface area contributed by atoms with E-state index >= 15 is 0 Å². The number of nitrogens with one attached hydrogen (secondary N) is 2. The Bertz CT molecular complexity index is 798. The summed E-state index contributed by atoms with van der Waals surface area (Å²) >= 11 is 0. The fraction of sp³-hybridized carbons (Fsp3) is 0.529. The highest BCUT2D eigenvalue weighted by atomic mass is 35.5. The molecule has 0 bridgehead atoms. The molecule has 0 aliphatic heterocycles. The minimum atomic E-state index is -4.48. The van der Waals surface area contributed by atoms with Crippen LogP contribution in [0.2, 0.25) is 0 Å². The number of benzene rings is 1. The molecule has 1 saturated carbocycles. The van der Waals surface area contributed by atoms with E-state index in [9.17, 15) is 18.0 Å². The zero-order valence-electron chi connectivity index (χ0n) is 14.5. The van der Waals surface area contributed by atoms with Crippen molar-refractivity contribution in [2.75, 3.05) is 11.9 Å². The van der Waals surface area contributed by atoms with Gasteiger partial charge < -0.3 is 15.5 Å². The minimum absolute atomic E-state index is 0. The van der Waals surface area contributed by atoms with E-state index in [4.69, 9.17) is 10.2 Å². The van der Waals surface area contributed by atoms with E-state index < -0.39 is 17.5 Å². The first-order chi connectivity index (χ1) is 12.4. The van der Waals surface area contributed by atoms with Crippen LogP contribution in [0.5, 0.6) is 0 Å². The molecule has 0 spiro atoms. The second kappa shape index (κ2) is 8.79. The summed E-state index contributed by atoms with van der Waals surface area (Å²) in [5.74, 6) is -0.254. The number of nitrogens with two attached hydrogens (primary N) is 1. The van der Waals surface area contributed by atoms with Crippen molar-refractivity contribution in [3.05, 3.63) is 34.3 Å². The Labute approximate surface area is 160 Å². The van der Waals surface area contributed by atoms with Crippen molar-refractivity contribution in [2.24, 2.45) is 11.7 Å². The molecule has 10 heteroatoms. The lowest BCUT2D eigenvalue weighted by Crippen LogP contribution is -2.28. The van der Waals surface area contributed by atoms with Gasteiger partial charge in [0, 0.05) is 17.3 Å². The van der Waals surface area contributed by atoms with Gasteiger partial charge in [0.1, 0.15) is 0 Å². The van der Waals surface area contributed by atoms with Crippen LogP contribution in [-0.4, -0.2) is 22.8 Å². The lowest BCUT2D eigenvalue weighted by molar-refractivity contribution is -0.137. The van der Waals surface area contributed by atoms with E-state index in [1.54, 1.807) is 0 Å². The maximum atomic E-state index is 13.4. The highest BCUT2D eigenvalue weighted by molar-refractivity contribution is 5.85. The molecule has 4 N–H and O–H groups in total. The van der Waals surface area contributed by atoms with Crippen molar-refractivity contribution in [1.29, 1.82) is 0 Å². The second-order valence-electron chi connectivity index (χ2n) is 6.62. The third-order valence-corrected chi connectivity index (χ3v) is 4.79. The molecule has 1 aliphatic rings. The topological polar surface area (TPSA) is 96.9 Å². The monoisotopic (exact) mass is 406 g/mol. The van der Waals surface area contributed by atoms with Crippen LogP contribution in [0.4, 0.5) is 18.9 Å². The van der Waals surface area contributed by atoms with E-state index in [0.717, 1.165) is 38.2 Å². The van der Waals surface area contributed by atoms with Crippen molar-refractivity contribution in [3.8, 4) is 11.5 Å². The summed E-state index contributed by atoms with van der Waals surface area (Å²) in [5.41, 5.74) is 5.11. The number of halogens is 4. The third-order valence-electron chi connectivity index (χ3n) is 4.79. The minimum Gasteiger partial charge on any atom is -0.388 e. The molecular weight excluding hydrogens is 385 g/mol. The van der Waals surface area contributed by atoms with Crippen molar-refractivity contribution in [2.45, 2.75) is 44.3 Å². The SMILES string of the molecule is Cl.NCC[C@H]1CC[C@H](Nc2cc(-c3n[nH]c(=O)o3)ccc2C(F)(F)F)CC1. The number of hydrogen-bond acceptors (Lipinski definition) is 5. The zero-order valence-corrected chi connectivity index (χ0v) is 15.3. The molecule has 150 valence electrons. The van der Waals surface area contributed by atoms with Crippen LogP contribution in [0.3, 0.4) is 0 Å². The number of rotatable bonds is 5. The number of anilines is 1. The molecular formula is C17H22ClF3N4O2. The summed E-state index contributed by atoms with van der Waals surface area (Å²) in [4.78, 5) is 11.1. The summed E-state index contributed by atoms with van der Waals surface area (Å²) in [6.45, 7) is 0.637. The highest BCUT2D eigenvalue weighted by Crippen LogP contribution is 2.38. The Kier molecular flexibility index (Phi) is 6.94. The van der Waals surface area contributed by atoms with Crippen LogP contribution in [0.1, 0.15) is 37.7 Å². The van der Waals surface area contributed by atoms with E-state index in [-0.39, 0.29) is 30.0 Å². The normalized spacial score (nSPS) is 20.1. The lowest BCUT2D eigenvalue weighted by atomic mass is 9.84. The fourth-order valence-corrected chi connectivity index (χ4v) is 3.45. The van der Waals surface area contributed by atoms with E-state index in [0.29, 0.717) is 18.0 Å². The van der Waals surface area contributed by atoms with Crippen LogP contribution >= 0.6 is 12.4 Å². The van der Waals surface area contributed by atoms with E-state index in [1.165, 1.54) is 12.1 Å². The van der Waals surface area contributed by atoms with Gasteiger partial charge in [-0.05, 0) is 62.8 Å². The van der Waals surface area contributed by atoms with E-state index in [1.807, 2.05) is 0 Å². The Morgan fingerprint density at radius 1 is 1.26 bits per heavy atom. The Balaban J connectivity index is 0.00000261. The molecule has 0 atom stereocenters. The predicted molar refractivity (Wildman–Crippen MR) is 97.8 cm³/mol. The molecule has 2 aromatic rings. The summed E-state index contributed by atoms with van der Waals surface area (Å²) in [6, 6.07) is 3.51. The predicted octanol–water partition coefficient (Wildman–Crippen LogP) is 3.79. The quantitative estimate of drug-likeness (QED) is 0.702. The van der Waals surface area contributed by atoms with Gasteiger partial charge in [0.15, 0.2) is 0 Å². The van der Waals surface area contributed by atoms with Crippen molar-refractivity contribution < 1.29 is 17.6 Å². The van der Waals surface area contributed by atoms with Crippen molar-refractivity contribution >= 4 is 18.1 Å². The largest absolute Gasteiger partial charge is 0.434 e. The van der Waals surface area contributed by atoms with Gasteiger partial charge in [-0.1, -0.05) is 0 Å². The first kappa shape index (κ1) is 21.3. The van der Waals surface area contributed by atoms with Crippen molar-refractivity contribution in [1.82, 2.24) is 10.2 Å². The van der Waals surface area contributed by atoms with Crippen LogP contribution in [0, 0.1) is 5.92 Å². The first-order valence-electron chi connectivity index (χ1n) is 8.60. The molecule has 27 heavy (non-hydrogen) atoms. The standard InChI is InChI=1S/C17H21F3N4O2.ClH/c18-17(19,20)13-6-3-11(15-23-24-16(25)26-15)9-14(13)22-12-4-1-10(2-5-12)7-8-21;/h3,6,9-10,12,22H,1-2,4-5,7-8,21H2,(H,24,25);1H/t10-,12-;. The van der Waals surface area contributed by atoms with Gasteiger partial charge in [-0.25, -0.2) is 9.89 Å². The maximum Gasteiger partial charge on any atom is 0.434 e. The molecule has 3 rings (SSSR count). The van der Waals surface area contributed by atoms with Crippen LogP contribution in [-0.2, 0) is 6.18 Å². The summed E-state index contributed by atoms with van der Waals surface area (Å²) in [7, 11) is 0. The highest BCUT2D eigenvalue weighted by Gasteiger charge is 2.34. The van der Waals surface area contributed by atoms with Gasteiger partial charge in [-0.15, -0.1) is 17.5 Å². The van der Waals surface area contributed by atoms with Gasteiger partial charge in [0.2, 0.25) is 5.89 Å². The number of aromatic nitrogens is 2. The van der Waals surface area contributed by atoms with Crippen LogP contribution in [0.25, 0.3) is 11.5 Å². The van der Waals surface area contributed by atoms with Crippen LogP contribution < -0.4 is 16.8 Å². The number of H-pyrrole nitrogens is 1. The van der Waals surface area contributed by atoms with Gasteiger partial charge in [0.05, 0.1) is 5.56 Å². The number of hydrogen-bond donors (Lipinski definition) is 3. The Morgan fingerprint density at radius 3 is 2.52 bits per heavy atom. The van der Waals surface area contributed by atoms with Gasteiger partial charge >= 0.3 is 11.9 Å². The molecule has 1 heterocycles. The molecule has 1 aromatic heterocycles. The number of aromatic amines is 1. The maximum absolute atomic E-state index is 13.4. The van der Waals surface area contributed by atoms with Crippen molar-refractivity contribution in [3.63, 3.8) is 0 Å². The zero-order chi connectivity index (χ0) is 18.7. The molecule has 0 amide bonds. The van der Waals surface area contributed by atoms with E-state index in [2.05, 4.69) is 15.5 Å². The van der Waals surface area contributed by atoms with Gasteiger partial charge in [-0.3, -0.25) is 0 Å². The lowest BCUT2D eigenvalue weighted by Gasteiger charge is -2.30. The summed E-state index contributed by atoms with van der Waals surface area (Å²) in [5, 5.41) is 8.80. The fourth-order valence-electron chi connectivity index (χ4n) is 3.45.